The summed E-state index contributed by atoms with van der Waals surface area (Å²) in [5.41, 5.74) is 3.54. The van der Waals surface area contributed by atoms with E-state index in [-0.39, 0.29) is 5.91 Å². The Balaban J connectivity index is 1.73. The highest BCUT2D eigenvalue weighted by Gasteiger charge is 2.07. The van der Waals surface area contributed by atoms with Gasteiger partial charge >= 0.3 is 0 Å². The number of nitrogens with one attached hydrogen (secondary N) is 3. The standard InChI is InChI=1S/C15H14N4O/c20-15(17-10-14-5-2-6-16-14)12-4-1-3-11(7-12)13-8-18-19-9-13/h1-9,16H,10H2,(H,17,20)(H,18,19). The van der Waals surface area contributed by atoms with Crippen molar-refractivity contribution in [3.8, 4) is 11.1 Å². The van der Waals surface area contributed by atoms with Gasteiger partial charge in [-0.05, 0) is 29.8 Å². The number of aromatic amines is 2. The van der Waals surface area contributed by atoms with E-state index in [2.05, 4.69) is 20.5 Å². The molecule has 1 amide bonds. The molecule has 3 rings (SSSR count). The maximum absolute atomic E-state index is 12.1. The van der Waals surface area contributed by atoms with Gasteiger partial charge in [0.1, 0.15) is 0 Å². The van der Waals surface area contributed by atoms with Crippen molar-refractivity contribution in [2.75, 3.05) is 0 Å². The molecular weight excluding hydrogens is 252 g/mol. The van der Waals surface area contributed by atoms with E-state index in [0.29, 0.717) is 12.1 Å². The van der Waals surface area contributed by atoms with E-state index >= 15 is 0 Å². The second-order valence-electron chi connectivity index (χ2n) is 4.45. The first-order valence-electron chi connectivity index (χ1n) is 6.32. The number of rotatable bonds is 4. The van der Waals surface area contributed by atoms with Crippen LogP contribution in [0.15, 0.2) is 55.0 Å². The summed E-state index contributed by atoms with van der Waals surface area (Å²) in [7, 11) is 0. The van der Waals surface area contributed by atoms with Gasteiger partial charge in [0.25, 0.3) is 5.91 Å². The van der Waals surface area contributed by atoms with Crippen molar-refractivity contribution in [3.05, 3.63) is 66.2 Å². The van der Waals surface area contributed by atoms with Gasteiger partial charge in [0.05, 0.1) is 12.7 Å². The fourth-order valence-electron chi connectivity index (χ4n) is 2.00. The molecule has 0 spiro atoms. The average molecular weight is 266 g/mol. The van der Waals surface area contributed by atoms with Crippen LogP contribution in [0.3, 0.4) is 0 Å². The summed E-state index contributed by atoms with van der Waals surface area (Å²) >= 11 is 0. The second-order valence-corrected chi connectivity index (χ2v) is 4.45. The van der Waals surface area contributed by atoms with Gasteiger partial charge in [-0.1, -0.05) is 12.1 Å². The fraction of sp³-hybridized carbons (Fsp3) is 0.0667. The molecule has 0 atom stereocenters. The summed E-state index contributed by atoms with van der Waals surface area (Å²) in [6.07, 6.45) is 5.37. The first-order valence-corrected chi connectivity index (χ1v) is 6.32. The third-order valence-electron chi connectivity index (χ3n) is 3.06. The number of nitrogens with zero attached hydrogens (tertiary/aromatic N) is 1. The molecule has 3 N–H and O–H groups in total. The highest BCUT2D eigenvalue weighted by atomic mass is 16.1. The highest BCUT2D eigenvalue weighted by Crippen LogP contribution is 2.18. The van der Waals surface area contributed by atoms with E-state index < -0.39 is 0 Å². The fourth-order valence-corrected chi connectivity index (χ4v) is 2.00. The Bertz CT molecular complexity index is 687. The minimum atomic E-state index is -0.0926. The van der Waals surface area contributed by atoms with Gasteiger partial charge in [-0.2, -0.15) is 5.10 Å². The number of amides is 1. The Hall–Kier alpha value is -2.82. The van der Waals surface area contributed by atoms with Crippen LogP contribution in [0, 0.1) is 0 Å². The molecule has 5 heteroatoms. The summed E-state index contributed by atoms with van der Waals surface area (Å²) in [5, 5.41) is 9.56. The van der Waals surface area contributed by atoms with E-state index in [4.69, 9.17) is 0 Å². The number of hydrogen-bond acceptors (Lipinski definition) is 2. The van der Waals surface area contributed by atoms with Crippen LogP contribution in [0.1, 0.15) is 16.1 Å². The molecule has 100 valence electrons. The first-order chi connectivity index (χ1) is 9.83. The summed E-state index contributed by atoms with van der Waals surface area (Å²) in [5.74, 6) is -0.0926. The maximum atomic E-state index is 12.1. The zero-order valence-electron chi connectivity index (χ0n) is 10.8. The molecule has 1 aromatic carbocycles. The van der Waals surface area contributed by atoms with Crippen LogP contribution in [-0.2, 0) is 6.54 Å². The van der Waals surface area contributed by atoms with Crippen molar-refractivity contribution in [2.45, 2.75) is 6.54 Å². The van der Waals surface area contributed by atoms with Crippen molar-refractivity contribution in [1.82, 2.24) is 20.5 Å². The quantitative estimate of drug-likeness (QED) is 0.678. The van der Waals surface area contributed by atoms with Crippen molar-refractivity contribution in [1.29, 1.82) is 0 Å². The molecule has 0 saturated carbocycles. The summed E-state index contributed by atoms with van der Waals surface area (Å²) in [6, 6.07) is 11.3. The van der Waals surface area contributed by atoms with E-state index in [1.165, 1.54) is 0 Å². The topological polar surface area (TPSA) is 73.6 Å². The monoisotopic (exact) mass is 266 g/mol. The zero-order chi connectivity index (χ0) is 13.8. The highest BCUT2D eigenvalue weighted by molar-refractivity contribution is 5.95. The molecule has 0 aliphatic carbocycles. The van der Waals surface area contributed by atoms with E-state index in [1.807, 2.05) is 36.5 Å². The molecule has 0 aliphatic heterocycles. The number of aromatic nitrogens is 3. The Labute approximate surface area is 116 Å². The molecule has 2 aromatic heterocycles. The SMILES string of the molecule is O=C(NCc1ccc[nH]1)c1cccc(-c2cn[nH]c2)c1. The Morgan fingerprint density at radius 3 is 2.90 bits per heavy atom. The smallest absolute Gasteiger partial charge is 0.251 e. The van der Waals surface area contributed by atoms with Gasteiger partial charge in [0.15, 0.2) is 0 Å². The normalized spacial score (nSPS) is 10.4. The molecule has 0 fully saturated rings. The van der Waals surface area contributed by atoms with E-state index in [9.17, 15) is 4.79 Å². The summed E-state index contributed by atoms with van der Waals surface area (Å²) < 4.78 is 0. The first kappa shape index (κ1) is 12.2. The van der Waals surface area contributed by atoms with Crippen LogP contribution < -0.4 is 5.32 Å². The van der Waals surface area contributed by atoms with Crippen molar-refractivity contribution in [3.63, 3.8) is 0 Å². The van der Waals surface area contributed by atoms with E-state index in [0.717, 1.165) is 16.8 Å². The van der Waals surface area contributed by atoms with Crippen LogP contribution >= 0.6 is 0 Å². The minimum Gasteiger partial charge on any atom is -0.364 e. The number of H-pyrrole nitrogens is 2. The van der Waals surface area contributed by atoms with Gasteiger partial charge in [-0.25, -0.2) is 0 Å². The Morgan fingerprint density at radius 2 is 2.15 bits per heavy atom. The van der Waals surface area contributed by atoms with E-state index in [1.54, 1.807) is 18.5 Å². The molecule has 0 radical (unpaired) electrons. The Kier molecular flexibility index (Phi) is 3.33. The molecule has 0 unspecified atom stereocenters. The van der Waals surface area contributed by atoms with Crippen LogP contribution in [-0.4, -0.2) is 21.1 Å². The molecule has 2 heterocycles. The van der Waals surface area contributed by atoms with Crippen molar-refractivity contribution in [2.24, 2.45) is 0 Å². The second kappa shape index (κ2) is 5.44. The number of carbonyl (C=O) groups excluding carboxylic acids is 1. The average Bonchev–Trinajstić information content (AvgIpc) is 3.18. The Morgan fingerprint density at radius 1 is 1.20 bits per heavy atom. The molecule has 3 aromatic rings. The molecule has 0 saturated heterocycles. The third-order valence-corrected chi connectivity index (χ3v) is 3.06. The maximum Gasteiger partial charge on any atom is 0.251 e. The van der Waals surface area contributed by atoms with Crippen molar-refractivity contribution < 1.29 is 4.79 Å². The van der Waals surface area contributed by atoms with Crippen molar-refractivity contribution >= 4 is 5.91 Å². The number of carbonyl (C=O) groups is 1. The molecule has 0 bridgehead atoms. The summed E-state index contributed by atoms with van der Waals surface area (Å²) in [4.78, 5) is 15.2. The van der Waals surface area contributed by atoms with Gasteiger partial charge in [-0.15, -0.1) is 0 Å². The largest absolute Gasteiger partial charge is 0.364 e. The van der Waals surface area contributed by atoms with Gasteiger partial charge in [-0.3, -0.25) is 9.89 Å². The lowest BCUT2D eigenvalue weighted by Crippen LogP contribution is -2.22. The van der Waals surface area contributed by atoms with Gasteiger partial charge < -0.3 is 10.3 Å². The lowest BCUT2D eigenvalue weighted by atomic mass is 10.1. The third kappa shape index (κ3) is 2.61. The predicted octanol–water partition coefficient (Wildman–Crippen LogP) is 2.33. The molecular formula is C15H14N4O. The van der Waals surface area contributed by atoms with Crippen LogP contribution in [0.25, 0.3) is 11.1 Å². The van der Waals surface area contributed by atoms with Crippen LogP contribution in [0.4, 0.5) is 0 Å². The number of benzene rings is 1. The zero-order valence-corrected chi connectivity index (χ0v) is 10.8. The van der Waals surface area contributed by atoms with Gasteiger partial charge in [0, 0.05) is 29.2 Å². The van der Waals surface area contributed by atoms with Crippen LogP contribution in [0.5, 0.6) is 0 Å². The molecule has 0 aliphatic rings. The number of hydrogen-bond donors (Lipinski definition) is 3. The molecule has 5 nitrogen and oxygen atoms in total. The minimum absolute atomic E-state index is 0.0926. The lowest BCUT2D eigenvalue weighted by Gasteiger charge is -2.05. The van der Waals surface area contributed by atoms with Gasteiger partial charge in [0.2, 0.25) is 0 Å². The molecule has 20 heavy (non-hydrogen) atoms. The predicted molar refractivity (Wildman–Crippen MR) is 76.0 cm³/mol. The summed E-state index contributed by atoms with van der Waals surface area (Å²) in [6.45, 7) is 0.488. The lowest BCUT2D eigenvalue weighted by molar-refractivity contribution is 0.0950. The van der Waals surface area contributed by atoms with Crippen LogP contribution in [0.2, 0.25) is 0 Å².